The molecule has 1 aliphatic carbocycles. The zero-order valence-corrected chi connectivity index (χ0v) is 23.7. The Labute approximate surface area is 240 Å². The standard InChI is InChI=1S/C33H36N2O6/c1-7-11-24-26(9-3)34(30(38)32(24)16-20(5)28(36)40-32)18-22-13-14-23(15-22)19-35-27(10-4)25(12-8-2)33(31(35)39)17-21(6)29(37)41-33/h7-12,22-23H,1-2,5-6,13-19H2,3-4H3/b24-11+,25-12?,26-9+,27-10+. The summed E-state index contributed by atoms with van der Waals surface area (Å²) < 4.78 is 11.3. The predicted molar refractivity (Wildman–Crippen MR) is 153 cm³/mol. The minimum atomic E-state index is -1.39. The number of carbonyl (C=O) groups excluding carboxylic acids is 4. The fourth-order valence-corrected chi connectivity index (χ4v) is 7.09. The van der Waals surface area contributed by atoms with Gasteiger partial charge >= 0.3 is 11.9 Å². The predicted octanol–water partition coefficient (Wildman–Crippen LogP) is 4.60. The fraction of sp³-hybridized carbons (Fsp3) is 0.394. The monoisotopic (exact) mass is 556 g/mol. The summed E-state index contributed by atoms with van der Waals surface area (Å²) in [6, 6.07) is 0. The molecule has 2 spiro atoms. The Hall–Kier alpha value is -4.20. The molecule has 0 radical (unpaired) electrons. The van der Waals surface area contributed by atoms with E-state index in [-0.39, 0.29) is 47.6 Å². The molecular formula is C33H36N2O6. The lowest BCUT2D eigenvalue weighted by molar-refractivity contribution is -0.155. The Morgan fingerprint density at radius 3 is 1.44 bits per heavy atom. The van der Waals surface area contributed by atoms with Gasteiger partial charge in [-0.2, -0.15) is 0 Å². The number of rotatable bonds is 6. The van der Waals surface area contributed by atoms with E-state index in [0.717, 1.165) is 30.7 Å². The van der Waals surface area contributed by atoms with Gasteiger partial charge in [-0.15, -0.1) is 0 Å². The molecule has 0 aromatic heterocycles. The van der Waals surface area contributed by atoms with E-state index in [1.165, 1.54) is 0 Å². The molecule has 4 unspecified atom stereocenters. The molecule has 8 nitrogen and oxygen atoms in total. The molecule has 0 bridgehead atoms. The maximum absolute atomic E-state index is 13.8. The SMILES string of the molecule is C=CC=C1/C(=C\C)N(CC2CCC(CN3C(=O)C4(CC(=C)C(=O)O4)C(=C/C=C)/C3=C\C)C2)C(=O)C12CC(=C)C(=O)O2. The quantitative estimate of drug-likeness (QED) is 0.351. The second kappa shape index (κ2) is 10.3. The number of allylic oxidation sites excluding steroid dienone is 6. The minimum Gasteiger partial charge on any atom is -0.440 e. The van der Waals surface area contributed by atoms with Crippen LogP contribution in [0.4, 0.5) is 0 Å². The zero-order valence-electron chi connectivity index (χ0n) is 23.7. The third-order valence-electron chi connectivity index (χ3n) is 8.87. The molecule has 0 N–H and O–H groups in total. The van der Waals surface area contributed by atoms with Crippen molar-refractivity contribution in [1.29, 1.82) is 0 Å². The lowest BCUT2D eigenvalue weighted by atomic mass is 9.90. The van der Waals surface area contributed by atoms with E-state index in [0.29, 0.717) is 24.2 Å². The van der Waals surface area contributed by atoms with Gasteiger partial charge in [-0.05, 0) is 44.9 Å². The number of hydrogen-bond acceptors (Lipinski definition) is 6. The number of likely N-dealkylation sites (tertiary alicyclic amines) is 2. The van der Waals surface area contributed by atoms with Gasteiger partial charge in [0.2, 0.25) is 11.2 Å². The van der Waals surface area contributed by atoms with E-state index in [1.807, 2.05) is 26.0 Å². The number of hydrogen-bond donors (Lipinski definition) is 0. The molecule has 41 heavy (non-hydrogen) atoms. The molecule has 4 atom stereocenters. The molecule has 4 saturated heterocycles. The van der Waals surface area contributed by atoms with E-state index in [1.54, 1.807) is 34.1 Å². The van der Waals surface area contributed by atoms with Crippen molar-refractivity contribution in [2.45, 2.75) is 57.2 Å². The van der Waals surface area contributed by atoms with E-state index >= 15 is 0 Å². The Kier molecular flexibility index (Phi) is 7.14. The van der Waals surface area contributed by atoms with Crippen LogP contribution in [0.2, 0.25) is 0 Å². The molecule has 2 amide bonds. The van der Waals surface area contributed by atoms with Crippen LogP contribution >= 0.6 is 0 Å². The van der Waals surface area contributed by atoms with Crippen LogP contribution in [-0.4, -0.2) is 57.8 Å². The summed E-state index contributed by atoms with van der Waals surface area (Å²) in [5, 5.41) is 0. The molecule has 4 heterocycles. The molecule has 4 aliphatic heterocycles. The van der Waals surface area contributed by atoms with Gasteiger partial charge in [-0.3, -0.25) is 9.59 Å². The minimum absolute atomic E-state index is 0.119. The van der Waals surface area contributed by atoms with E-state index in [2.05, 4.69) is 26.3 Å². The highest BCUT2D eigenvalue weighted by Crippen LogP contribution is 2.50. The highest BCUT2D eigenvalue weighted by molar-refractivity contribution is 6.06. The van der Waals surface area contributed by atoms with Crippen LogP contribution in [0.15, 0.2) is 96.5 Å². The van der Waals surface area contributed by atoms with Crippen molar-refractivity contribution in [1.82, 2.24) is 9.80 Å². The molecule has 5 fully saturated rings. The summed E-state index contributed by atoms with van der Waals surface area (Å²) in [4.78, 5) is 55.7. The van der Waals surface area contributed by atoms with Gasteiger partial charge in [0.15, 0.2) is 0 Å². The number of amides is 2. The third-order valence-corrected chi connectivity index (χ3v) is 8.87. The zero-order chi connectivity index (χ0) is 29.7. The van der Waals surface area contributed by atoms with Crippen LogP contribution in [0.1, 0.15) is 46.0 Å². The molecular weight excluding hydrogens is 520 g/mol. The summed E-state index contributed by atoms with van der Waals surface area (Å²) in [6.45, 7) is 19.9. The lowest BCUT2D eigenvalue weighted by Crippen LogP contribution is -2.42. The van der Waals surface area contributed by atoms with Gasteiger partial charge in [-0.1, -0.05) is 62.8 Å². The normalized spacial score (nSPS) is 35.5. The van der Waals surface area contributed by atoms with Crippen molar-refractivity contribution in [2.24, 2.45) is 11.8 Å². The lowest BCUT2D eigenvalue weighted by Gasteiger charge is -2.25. The Morgan fingerprint density at radius 2 is 1.15 bits per heavy atom. The summed E-state index contributed by atoms with van der Waals surface area (Å²) in [7, 11) is 0. The molecule has 0 aromatic rings. The molecule has 0 aromatic carbocycles. The molecule has 8 heteroatoms. The average Bonchev–Trinajstić information content (AvgIpc) is 3.69. The second-order valence-electron chi connectivity index (χ2n) is 11.4. The van der Waals surface area contributed by atoms with Crippen LogP contribution in [-0.2, 0) is 28.7 Å². The number of nitrogens with zero attached hydrogens (tertiary/aromatic N) is 2. The smallest absolute Gasteiger partial charge is 0.335 e. The fourth-order valence-electron chi connectivity index (χ4n) is 7.09. The molecule has 5 aliphatic rings. The van der Waals surface area contributed by atoms with Gasteiger partial charge < -0.3 is 19.3 Å². The van der Waals surface area contributed by atoms with Gasteiger partial charge in [0.1, 0.15) is 0 Å². The number of carbonyl (C=O) groups is 4. The Balaban J connectivity index is 1.34. The van der Waals surface area contributed by atoms with Gasteiger partial charge in [0.05, 0.1) is 0 Å². The molecule has 5 rings (SSSR count). The first-order valence-electron chi connectivity index (χ1n) is 14.0. The van der Waals surface area contributed by atoms with E-state index in [9.17, 15) is 19.2 Å². The first-order chi connectivity index (χ1) is 19.6. The van der Waals surface area contributed by atoms with Crippen LogP contribution in [0.5, 0.6) is 0 Å². The summed E-state index contributed by atoms with van der Waals surface area (Å²) in [5.41, 5.74) is 0.461. The molecule has 214 valence electrons. The second-order valence-corrected chi connectivity index (χ2v) is 11.4. The Morgan fingerprint density at radius 1 is 0.756 bits per heavy atom. The van der Waals surface area contributed by atoms with Crippen LogP contribution < -0.4 is 0 Å². The number of ether oxygens (including phenoxy) is 2. The average molecular weight is 557 g/mol. The highest BCUT2D eigenvalue weighted by atomic mass is 16.6. The molecule has 1 saturated carbocycles. The summed E-state index contributed by atoms with van der Waals surface area (Å²) in [5.74, 6) is -1.25. The first-order valence-corrected chi connectivity index (χ1v) is 14.0. The third kappa shape index (κ3) is 4.19. The van der Waals surface area contributed by atoms with Crippen LogP contribution in [0.25, 0.3) is 0 Å². The van der Waals surface area contributed by atoms with Crippen molar-refractivity contribution in [3.05, 3.63) is 96.5 Å². The van der Waals surface area contributed by atoms with Crippen LogP contribution in [0.3, 0.4) is 0 Å². The Bertz CT molecular complexity index is 1280. The van der Waals surface area contributed by atoms with Crippen molar-refractivity contribution in [3.8, 4) is 0 Å². The largest absolute Gasteiger partial charge is 0.440 e. The first kappa shape index (κ1) is 28.3. The van der Waals surface area contributed by atoms with Gasteiger partial charge in [-0.25, -0.2) is 9.59 Å². The van der Waals surface area contributed by atoms with E-state index < -0.39 is 23.1 Å². The summed E-state index contributed by atoms with van der Waals surface area (Å²) in [6.07, 6.45) is 13.2. The highest BCUT2D eigenvalue weighted by Gasteiger charge is 2.61. The maximum Gasteiger partial charge on any atom is 0.335 e. The van der Waals surface area contributed by atoms with Gasteiger partial charge in [0, 0.05) is 59.6 Å². The van der Waals surface area contributed by atoms with Crippen molar-refractivity contribution in [3.63, 3.8) is 0 Å². The topological polar surface area (TPSA) is 93.2 Å². The summed E-state index contributed by atoms with van der Waals surface area (Å²) >= 11 is 0. The number of esters is 2. The maximum atomic E-state index is 13.8. The van der Waals surface area contributed by atoms with Crippen molar-refractivity contribution in [2.75, 3.05) is 13.1 Å². The van der Waals surface area contributed by atoms with Gasteiger partial charge in [0.25, 0.3) is 11.8 Å². The van der Waals surface area contributed by atoms with Crippen LogP contribution in [0, 0.1) is 11.8 Å². The van der Waals surface area contributed by atoms with Crippen molar-refractivity contribution >= 4 is 23.8 Å². The van der Waals surface area contributed by atoms with E-state index in [4.69, 9.17) is 9.47 Å². The van der Waals surface area contributed by atoms with Crippen molar-refractivity contribution < 1.29 is 28.7 Å².